The average molecular weight is 274 g/mol. The fourth-order valence-corrected chi connectivity index (χ4v) is 2.66. The fourth-order valence-electron chi connectivity index (χ4n) is 2.09. The van der Waals surface area contributed by atoms with Gasteiger partial charge in [-0.05, 0) is 24.6 Å². The number of amides is 1. The number of likely N-dealkylation sites (tertiary alicyclic amines) is 1. The topological polar surface area (TPSA) is 40.5 Å². The van der Waals surface area contributed by atoms with Crippen molar-refractivity contribution in [1.29, 1.82) is 0 Å². The second kappa shape index (κ2) is 4.84. The van der Waals surface area contributed by atoms with Crippen LogP contribution in [0.5, 0.6) is 0 Å². The average Bonchev–Trinajstić information content (AvgIpc) is 2.57. The summed E-state index contributed by atoms with van der Waals surface area (Å²) in [6.45, 7) is 2.25. The molecule has 0 aliphatic carbocycles. The van der Waals surface area contributed by atoms with Crippen LogP contribution in [0.3, 0.4) is 0 Å². The quantitative estimate of drug-likeness (QED) is 0.900. The SMILES string of the molecule is CC(c1ccc(Cl)cc1Cl)N1CC(O)CC1=O. The molecule has 1 N–H and O–H groups in total. The van der Waals surface area contributed by atoms with Crippen LogP contribution >= 0.6 is 23.2 Å². The predicted molar refractivity (Wildman–Crippen MR) is 67.2 cm³/mol. The number of β-amino-alcohol motifs (C(OH)–C–C–N with tert-alkyl or cyclic N) is 1. The van der Waals surface area contributed by atoms with E-state index in [4.69, 9.17) is 23.2 Å². The number of rotatable bonds is 2. The van der Waals surface area contributed by atoms with Crippen molar-refractivity contribution in [3.63, 3.8) is 0 Å². The third kappa shape index (κ3) is 2.57. The summed E-state index contributed by atoms with van der Waals surface area (Å²) in [5.74, 6) is -0.0454. The lowest BCUT2D eigenvalue weighted by atomic mass is 10.1. The molecule has 92 valence electrons. The van der Waals surface area contributed by atoms with Crippen molar-refractivity contribution in [3.8, 4) is 0 Å². The van der Waals surface area contributed by atoms with E-state index in [2.05, 4.69) is 0 Å². The lowest BCUT2D eigenvalue weighted by Gasteiger charge is -2.25. The molecule has 5 heteroatoms. The van der Waals surface area contributed by atoms with Gasteiger partial charge in [-0.2, -0.15) is 0 Å². The molecule has 1 fully saturated rings. The monoisotopic (exact) mass is 273 g/mol. The van der Waals surface area contributed by atoms with Gasteiger partial charge in [0.05, 0.1) is 18.6 Å². The van der Waals surface area contributed by atoms with Crippen molar-refractivity contribution >= 4 is 29.1 Å². The third-order valence-electron chi connectivity index (χ3n) is 3.02. The summed E-state index contributed by atoms with van der Waals surface area (Å²) in [6.07, 6.45) is -0.383. The number of aliphatic hydroxyl groups is 1. The first kappa shape index (κ1) is 12.7. The fraction of sp³-hybridized carbons (Fsp3) is 0.417. The van der Waals surface area contributed by atoms with E-state index in [0.717, 1.165) is 5.56 Å². The first-order valence-electron chi connectivity index (χ1n) is 5.41. The molecule has 2 atom stereocenters. The zero-order valence-corrected chi connectivity index (χ0v) is 10.9. The molecule has 1 saturated heterocycles. The van der Waals surface area contributed by atoms with Gasteiger partial charge in [-0.3, -0.25) is 4.79 Å². The lowest BCUT2D eigenvalue weighted by Crippen LogP contribution is -2.29. The van der Waals surface area contributed by atoms with E-state index in [9.17, 15) is 9.90 Å². The summed E-state index contributed by atoms with van der Waals surface area (Å²) >= 11 is 11.9. The summed E-state index contributed by atoms with van der Waals surface area (Å²) in [6, 6.07) is 5.07. The minimum atomic E-state index is -0.573. The van der Waals surface area contributed by atoms with Crippen LogP contribution in [0.1, 0.15) is 24.9 Å². The zero-order valence-electron chi connectivity index (χ0n) is 9.36. The number of nitrogens with zero attached hydrogens (tertiary/aromatic N) is 1. The van der Waals surface area contributed by atoms with Crippen molar-refractivity contribution in [3.05, 3.63) is 33.8 Å². The van der Waals surface area contributed by atoms with Gasteiger partial charge >= 0.3 is 0 Å². The maximum absolute atomic E-state index is 11.7. The highest BCUT2D eigenvalue weighted by Gasteiger charge is 2.32. The molecule has 1 aliphatic rings. The molecule has 1 heterocycles. The maximum Gasteiger partial charge on any atom is 0.225 e. The molecule has 0 bridgehead atoms. The normalized spacial score (nSPS) is 22.0. The number of carbonyl (C=O) groups is 1. The van der Waals surface area contributed by atoms with Gasteiger partial charge in [-0.15, -0.1) is 0 Å². The minimum absolute atomic E-state index is 0.0454. The Balaban J connectivity index is 2.25. The molecular weight excluding hydrogens is 261 g/mol. The van der Waals surface area contributed by atoms with Crippen molar-refractivity contribution < 1.29 is 9.90 Å². The number of hydrogen-bond acceptors (Lipinski definition) is 2. The van der Waals surface area contributed by atoms with Crippen LogP contribution in [-0.4, -0.2) is 28.6 Å². The van der Waals surface area contributed by atoms with Crippen LogP contribution in [0.15, 0.2) is 18.2 Å². The number of halogens is 2. The van der Waals surface area contributed by atoms with E-state index in [0.29, 0.717) is 16.6 Å². The number of hydrogen-bond donors (Lipinski definition) is 1. The minimum Gasteiger partial charge on any atom is -0.391 e. The van der Waals surface area contributed by atoms with E-state index in [1.807, 2.05) is 13.0 Å². The number of aliphatic hydroxyl groups excluding tert-OH is 1. The van der Waals surface area contributed by atoms with E-state index in [1.165, 1.54) is 0 Å². The van der Waals surface area contributed by atoms with Crippen molar-refractivity contribution in [1.82, 2.24) is 4.90 Å². The summed E-state index contributed by atoms with van der Waals surface area (Å²) in [7, 11) is 0. The molecule has 0 radical (unpaired) electrons. The van der Waals surface area contributed by atoms with E-state index < -0.39 is 6.10 Å². The van der Waals surface area contributed by atoms with Gasteiger partial charge in [-0.25, -0.2) is 0 Å². The molecule has 2 unspecified atom stereocenters. The van der Waals surface area contributed by atoms with Crippen molar-refractivity contribution in [2.45, 2.75) is 25.5 Å². The predicted octanol–water partition coefficient (Wildman–Crippen LogP) is 2.65. The molecule has 3 nitrogen and oxygen atoms in total. The van der Waals surface area contributed by atoms with Gasteiger partial charge in [0.15, 0.2) is 0 Å². The van der Waals surface area contributed by atoms with E-state index in [1.54, 1.807) is 17.0 Å². The second-order valence-corrected chi connectivity index (χ2v) is 5.09. The van der Waals surface area contributed by atoms with Gasteiger partial charge in [0.2, 0.25) is 5.91 Å². The Labute approximate surface area is 110 Å². The summed E-state index contributed by atoms with van der Waals surface area (Å²) in [5, 5.41) is 10.6. The van der Waals surface area contributed by atoms with Crippen LogP contribution in [0, 0.1) is 0 Å². The van der Waals surface area contributed by atoms with E-state index in [-0.39, 0.29) is 18.4 Å². The smallest absolute Gasteiger partial charge is 0.225 e. The lowest BCUT2D eigenvalue weighted by molar-refractivity contribution is -0.129. The largest absolute Gasteiger partial charge is 0.391 e. The van der Waals surface area contributed by atoms with Crippen LogP contribution in [0.2, 0.25) is 10.0 Å². The van der Waals surface area contributed by atoms with E-state index >= 15 is 0 Å². The molecule has 1 amide bonds. The highest BCUT2D eigenvalue weighted by molar-refractivity contribution is 6.35. The first-order chi connectivity index (χ1) is 7.99. The summed E-state index contributed by atoms with van der Waals surface area (Å²) in [4.78, 5) is 13.3. The Hall–Kier alpha value is -0.770. The molecule has 17 heavy (non-hydrogen) atoms. The summed E-state index contributed by atoms with van der Waals surface area (Å²) < 4.78 is 0. The Kier molecular flexibility index (Phi) is 3.61. The van der Waals surface area contributed by atoms with Crippen molar-refractivity contribution in [2.75, 3.05) is 6.54 Å². The van der Waals surface area contributed by atoms with Crippen LogP contribution in [0.25, 0.3) is 0 Å². The number of benzene rings is 1. The molecule has 0 aromatic heterocycles. The highest BCUT2D eigenvalue weighted by Crippen LogP contribution is 2.32. The van der Waals surface area contributed by atoms with Gasteiger partial charge in [0.1, 0.15) is 0 Å². The molecular formula is C12H13Cl2NO2. The highest BCUT2D eigenvalue weighted by atomic mass is 35.5. The van der Waals surface area contributed by atoms with Gasteiger partial charge in [-0.1, -0.05) is 29.3 Å². The van der Waals surface area contributed by atoms with Crippen LogP contribution in [0.4, 0.5) is 0 Å². The Morgan fingerprint density at radius 2 is 2.18 bits per heavy atom. The summed E-state index contributed by atoms with van der Waals surface area (Å²) in [5.41, 5.74) is 0.846. The Morgan fingerprint density at radius 1 is 1.47 bits per heavy atom. The standard InChI is InChI=1S/C12H13Cl2NO2/c1-7(15-6-9(16)5-12(15)17)10-3-2-8(13)4-11(10)14/h2-4,7,9,16H,5-6H2,1H3. The Bertz CT molecular complexity index is 450. The van der Waals surface area contributed by atoms with Gasteiger partial charge in [0, 0.05) is 16.6 Å². The van der Waals surface area contributed by atoms with Crippen molar-refractivity contribution in [2.24, 2.45) is 0 Å². The van der Waals surface area contributed by atoms with Gasteiger partial charge < -0.3 is 10.0 Å². The molecule has 1 aliphatic heterocycles. The number of carbonyl (C=O) groups excluding carboxylic acids is 1. The van der Waals surface area contributed by atoms with Crippen LogP contribution in [-0.2, 0) is 4.79 Å². The third-order valence-corrected chi connectivity index (χ3v) is 3.58. The Morgan fingerprint density at radius 3 is 2.71 bits per heavy atom. The zero-order chi connectivity index (χ0) is 12.6. The molecule has 0 spiro atoms. The molecule has 1 aromatic carbocycles. The first-order valence-corrected chi connectivity index (χ1v) is 6.17. The van der Waals surface area contributed by atoms with Gasteiger partial charge in [0.25, 0.3) is 0 Å². The molecule has 2 rings (SSSR count). The molecule has 1 aromatic rings. The second-order valence-electron chi connectivity index (χ2n) is 4.25. The van der Waals surface area contributed by atoms with Crippen LogP contribution < -0.4 is 0 Å². The molecule has 0 saturated carbocycles. The maximum atomic E-state index is 11.7.